The van der Waals surface area contributed by atoms with Crippen LogP contribution in [0.4, 0.5) is 5.69 Å². The van der Waals surface area contributed by atoms with Gasteiger partial charge >= 0.3 is 0 Å². The van der Waals surface area contributed by atoms with Crippen molar-refractivity contribution in [1.82, 2.24) is 4.90 Å². The van der Waals surface area contributed by atoms with E-state index < -0.39 is 0 Å². The van der Waals surface area contributed by atoms with E-state index in [4.69, 9.17) is 0 Å². The number of carbonyl (C=O) groups is 2. The third-order valence-corrected chi connectivity index (χ3v) is 5.59. The van der Waals surface area contributed by atoms with Gasteiger partial charge in [0, 0.05) is 18.0 Å². The van der Waals surface area contributed by atoms with E-state index in [-0.39, 0.29) is 11.8 Å². The minimum atomic E-state index is 0.0172. The van der Waals surface area contributed by atoms with E-state index in [2.05, 4.69) is 23.5 Å². The summed E-state index contributed by atoms with van der Waals surface area (Å²) < 4.78 is 0. The molecule has 0 radical (unpaired) electrons. The average molecular weight is 338 g/mol. The number of amides is 2. The lowest BCUT2D eigenvalue weighted by molar-refractivity contribution is -0.131. The molecule has 2 amide bonds. The molecule has 2 heterocycles. The Morgan fingerprint density at radius 1 is 1.17 bits per heavy atom. The molecule has 0 saturated carbocycles. The van der Waals surface area contributed by atoms with Crippen LogP contribution in [0.2, 0.25) is 0 Å². The van der Waals surface area contributed by atoms with E-state index in [1.165, 1.54) is 22.9 Å². The van der Waals surface area contributed by atoms with Gasteiger partial charge in [-0.2, -0.15) is 0 Å². The first-order valence-electron chi connectivity index (χ1n) is 8.09. The minimum absolute atomic E-state index is 0.0172. The number of rotatable bonds is 2. The molecule has 2 aliphatic heterocycles. The van der Waals surface area contributed by atoms with Crippen molar-refractivity contribution in [3.8, 4) is 0 Å². The fourth-order valence-electron chi connectivity index (χ4n) is 3.24. The molecule has 2 aromatic carbocycles. The van der Waals surface area contributed by atoms with Crippen LogP contribution in [0.5, 0.6) is 0 Å². The Kier molecular flexibility index (Phi) is 4.02. The molecule has 0 atom stereocenters. The molecular formula is C19H18N2O2S. The van der Waals surface area contributed by atoms with E-state index in [1.54, 1.807) is 0 Å². The first kappa shape index (κ1) is 15.3. The standard InChI is InChI=1S/C19H18N2O2S/c22-18-12-24-17-6-5-13(9-16(17)20-18)10-19(23)21-8-7-14-3-1-2-4-15(14)11-21/h1-6,9H,7-8,10-12H2,(H,20,22). The molecule has 5 heteroatoms. The van der Waals surface area contributed by atoms with E-state index in [1.807, 2.05) is 29.2 Å². The van der Waals surface area contributed by atoms with Gasteiger partial charge in [0.1, 0.15) is 0 Å². The molecule has 0 spiro atoms. The molecule has 0 saturated heterocycles. The second-order valence-electron chi connectivity index (χ2n) is 6.18. The highest BCUT2D eigenvalue weighted by Crippen LogP contribution is 2.32. The van der Waals surface area contributed by atoms with Crippen LogP contribution in [0, 0.1) is 0 Å². The first-order chi connectivity index (χ1) is 11.7. The van der Waals surface area contributed by atoms with Gasteiger partial charge in [-0.25, -0.2) is 0 Å². The number of fused-ring (bicyclic) bond motifs is 2. The second-order valence-corrected chi connectivity index (χ2v) is 7.20. The van der Waals surface area contributed by atoms with Gasteiger partial charge in [0.05, 0.1) is 17.9 Å². The van der Waals surface area contributed by atoms with E-state index in [9.17, 15) is 9.59 Å². The van der Waals surface area contributed by atoms with Gasteiger partial charge in [0.25, 0.3) is 0 Å². The normalized spacial score (nSPS) is 16.2. The summed E-state index contributed by atoms with van der Waals surface area (Å²) in [4.78, 5) is 27.2. The fraction of sp³-hybridized carbons (Fsp3) is 0.263. The predicted molar refractivity (Wildman–Crippen MR) is 95.1 cm³/mol. The molecule has 4 rings (SSSR count). The number of benzene rings is 2. The molecule has 0 aliphatic carbocycles. The van der Waals surface area contributed by atoms with Crippen molar-refractivity contribution >= 4 is 29.3 Å². The molecule has 0 fully saturated rings. The van der Waals surface area contributed by atoms with Gasteiger partial charge in [-0.1, -0.05) is 30.3 Å². The van der Waals surface area contributed by atoms with Crippen LogP contribution < -0.4 is 5.32 Å². The quantitative estimate of drug-likeness (QED) is 0.916. The highest BCUT2D eigenvalue weighted by molar-refractivity contribution is 8.00. The van der Waals surface area contributed by atoms with Gasteiger partial charge in [0.15, 0.2) is 0 Å². The third kappa shape index (κ3) is 3.04. The lowest BCUT2D eigenvalue weighted by Crippen LogP contribution is -2.36. The number of nitrogens with one attached hydrogen (secondary N) is 1. The Morgan fingerprint density at radius 3 is 2.88 bits per heavy atom. The molecule has 0 aromatic heterocycles. The number of hydrogen-bond acceptors (Lipinski definition) is 3. The van der Waals surface area contributed by atoms with Crippen molar-refractivity contribution in [1.29, 1.82) is 0 Å². The molecule has 2 aliphatic rings. The summed E-state index contributed by atoms with van der Waals surface area (Å²) in [7, 11) is 0. The van der Waals surface area contributed by atoms with Crippen molar-refractivity contribution in [2.24, 2.45) is 0 Å². The van der Waals surface area contributed by atoms with Crippen molar-refractivity contribution in [3.63, 3.8) is 0 Å². The Morgan fingerprint density at radius 2 is 2.00 bits per heavy atom. The number of nitrogens with zero attached hydrogens (tertiary/aromatic N) is 1. The van der Waals surface area contributed by atoms with Crippen LogP contribution in [-0.2, 0) is 29.0 Å². The van der Waals surface area contributed by atoms with Crippen molar-refractivity contribution in [2.45, 2.75) is 24.3 Å². The van der Waals surface area contributed by atoms with Gasteiger partial charge in [-0.3, -0.25) is 9.59 Å². The molecule has 122 valence electrons. The largest absolute Gasteiger partial charge is 0.338 e. The van der Waals surface area contributed by atoms with Crippen LogP contribution in [0.25, 0.3) is 0 Å². The van der Waals surface area contributed by atoms with Crippen LogP contribution in [0.15, 0.2) is 47.4 Å². The summed E-state index contributed by atoms with van der Waals surface area (Å²) in [6.07, 6.45) is 1.29. The topological polar surface area (TPSA) is 49.4 Å². The summed E-state index contributed by atoms with van der Waals surface area (Å²) in [5.74, 6) is 0.612. The molecule has 0 bridgehead atoms. The Labute approximate surface area is 145 Å². The predicted octanol–water partition coefficient (Wildman–Crippen LogP) is 2.86. The zero-order chi connectivity index (χ0) is 16.5. The lowest BCUT2D eigenvalue weighted by Gasteiger charge is -2.29. The Hall–Kier alpha value is -2.27. The van der Waals surface area contributed by atoms with Gasteiger partial charge in [-0.05, 0) is 35.2 Å². The van der Waals surface area contributed by atoms with Crippen LogP contribution in [0.3, 0.4) is 0 Å². The summed E-state index contributed by atoms with van der Waals surface area (Å²) >= 11 is 1.54. The molecule has 0 unspecified atom stereocenters. The summed E-state index contributed by atoms with van der Waals surface area (Å²) in [5.41, 5.74) is 4.35. The highest BCUT2D eigenvalue weighted by Gasteiger charge is 2.21. The average Bonchev–Trinajstić information content (AvgIpc) is 2.61. The molecule has 24 heavy (non-hydrogen) atoms. The molecular weight excluding hydrogens is 320 g/mol. The zero-order valence-electron chi connectivity index (χ0n) is 13.2. The zero-order valence-corrected chi connectivity index (χ0v) is 14.1. The first-order valence-corrected chi connectivity index (χ1v) is 9.08. The lowest BCUT2D eigenvalue weighted by atomic mass is 9.99. The minimum Gasteiger partial charge on any atom is -0.338 e. The Balaban J connectivity index is 1.47. The van der Waals surface area contributed by atoms with Crippen molar-refractivity contribution < 1.29 is 9.59 Å². The smallest absolute Gasteiger partial charge is 0.234 e. The maximum absolute atomic E-state index is 12.6. The number of thioether (sulfide) groups is 1. The fourth-order valence-corrected chi connectivity index (χ4v) is 4.02. The molecule has 2 aromatic rings. The maximum atomic E-state index is 12.6. The summed E-state index contributed by atoms with van der Waals surface area (Å²) in [5, 5.41) is 2.88. The number of anilines is 1. The van der Waals surface area contributed by atoms with Crippen LogP contribution >= 0.6 is 11.8 Å². The summed E-state index contributed by atoms with van der Waals surface area (Å²) in [6, 6.07) is 14.2. The van der Waals surface area contributed by atoms with Gasteiger partial charge < -0.3 is 10.2 Å². The van der Waals surface area contributed by atoms with Gasteiger partial charge in [-0.15, -0.1) is 11.8 Å². The van der Waals surface area contributed by atoms with E-state index >= 15 is 0 Å². The Bertz CT molecular complexity index is 819. The number of carbonyl (C=O) groups excluding carboxylic acids is 2. The maximum Gasteiger partial charge on any atom is 0.234 e. The number of hydrogen-bond donors (Lipinski definition) is 1. The van der Waals surface area contributed by atoms with E-state index in [0.29, 0.717) is 18.7 Å². The highest BCUT2D eigenvalue weighted by atomic mass is 32.2. The summed E-state index contributed by atoms with van der Waals surface area (Å²) in [6.45, 7) is 1.46. The molecule has 1 N–H and O–H groups in total. The SMILES string of the molecule is O=C1CSc2ccc(CC(=O)N3CCc4ccccc4C3)cc2N1. The second kappa shape index (κ2) is 6.32. The monoisotopic (exact) mass is 338 g/mol. The van der Waals surface area contributed by atoms with Gasteiger partial charge in [0.2, 0.25) is 11.8 Å². The van der Waals surface area contributed by atoms with Crippen LogP contribution in [-0.4, -0.2) is 29.0 Å². The van der Waals surface area contributed by atoms with E-state index in [0.717, 1.165) is 29.1 Å². The van der Waals surface area contributed by atoms with Crippen LogP contribution in [0.1, 0.15) is 16.7 Å². The van der Waals surface area contributed by atoms with Crippen molar-refractivity contribution in [3.05, 3.63) is 59.2 Å². The molecule has 4 nitrogen and oxygen atoms in total. The van der Waals surface area contributed by atoms with Crippen molar-refractivity contribution in [2.75, 3.05) is 17.6 Å². The third-order valence-electron chi connectivity index (χ3n) is 4.52.